The fourth-order valence-electron chi connectivity index (χ4n) is 2.30. The Hall–Kier alpha value is -1.12. The lowest BCUT2D eigenvalue weighted by Crippen LogP contribution is -2.33. The molecule has 0 aromatic carbocycles. The monoisotopic (exact) mass is 288 g/mol. The fourth-order valence-corrected chi connectivity index (χ4v) is 3.87. The Labute approximate surface area is 113 Å². The van der Waals surface area contributed by atoms with Gasteiger partial charge in [-0.05, 0) is 26.2 Å². The van der Waals surface area contributed by atoms with Crippen LogP contribution in [0.25, 0.3) is 0 Å². The zero-order valence-electron chi connectivity index (χ0n) is 11.2. The Morgan fingerprint density at radius 3 is 2.68 bits per heavy atom. The number of aromatic nitrogens is 2. The molecule has 1 saturated heterocycles. The average molecular weight is 288 g/mol. The van der Waals surface area contributed by atoms with E-state index in [1.807, 2.05) is 0 Å². The van der Waals surface area contributed by atoms with Gasteiger partial charge in [-0.2, -0.15) is 9.40 Å². The number of hydrogen-bond acceptors (Lipinski definition) is 5. The highest BCUT2D eigenvalue weighted by atomic mass is 32.2. The predicted octanol–water partition coefficient (Wildman–Crippen LogP) is -0.0721. The molecule has 0 spiro atoms. The Balaban J connectivity index is 2.28. The van der Waals surface area contributed by atoms with E-state index >= 15 is 0 Å². The summed E-state index contributed by atoms with van der Waals surface area (Å²) < 4.78 is 27.8. The number of aliphatic hydroxyl groups is 1. The normalized spacial score (nSPS) is 26.3. The highest BCUT2D eigenvalue weighted by Crippen LogP contribution is 2.27. The van der Waals surface area contributed by atoms with Gasteiger partial charge in [-0.3, -0.25) is 4.68 Å². The summed E-state index contributed by atoms with van der Waals surface area (Å²) in [5.74, 6) is 0.0125. The molecule has 7 nitrogen and oxygen atoms in total. The van der Waals surface area contributed by atoms with Gasteiger partial charge in [0.1, 0.15) is 4.90 Å². The molecular weight excluding hydrogens is 268 g/mol. The molecule has 0 aliphatic carbocycles. The Morgan fingerprint density at radius 1 is 1.42 bits per heavy atom. The van der Waals surface area contributed by atoms with Gasteiger partial charge in [-0.1, -0.05) is 0 Å². The van der Waals surface area contributed by atoms with E-state index in [0.29, 0.717) is 32.4 Å². The molecule has 0 saturated carbocycles. The number of nitrogens with two attached hydrogens (primary N) is 1. The van der Waals surface area contributed by atoms with Gasteiger partial charge < -0.3 is 10.8 Å². The van der Waals surface area contributed by atoms with Gasteiger partial charge in [0, 0.05) is 26.3 Å². The van der Waals surface area contributed by atoms with Crippen molar-refractivity contribution in [2.24, 2.45) is 7.05 Å². The van der Waals surface area contributed by atoms with Gasteiger partial charge >= 0.3 is 0 Å². The summed E-state index contributed by atoms with van der Waals surface area (Å²) in [6.45, 7) is 2.43. The van der Waals surface area contributed by atoms with Crippen molar-refractivity contribution in [2.45, 2.75) is 36.7 Å². The van der Waals surface area contributed by atoms with Crippen LogP contribution in [0.1, 0.15) is 26.2 Å². The van der Waals surface area contributed by atoms with Gasteiger partial charge in [0.15, 0.2) is 5.82 Å². The maximum absolute atomic E-state index is 12.5. The van der Waals surface area contributed by atoms with Crippen molar-refractivity contribution in [1.29, 1.82) is 0 Å². The SMILES string of the molecule is Cn1cc(S(=O)(=O)N2CCCC(C)(O)CC2)c(N)n1. The molecule has 1 fully saturated rings. The molecule has 108 valence electrons. The summed E-state index contributed by atoms with van der Waals surface area (Å²) in [4.78, 5) is 0.0385. The molecule has 1 aliphatic rings. The first-order chi connectivity index (χ1) is 8.72. The van der Waals surface area contributed by atoms with Gasteiger partial charge in [-0.25, -0.2) is 8.42 Å². The van der Waals surface area contributed by atoms with Gasteiger partial charge in [-0.15, -0.1) is 0 Å². The van der Waals surface area contributed by atoms with E-state index in [9.17, 15) is 13.5 Å². The zero-order valence-corrected chi connectivity index (χ0v) is 12.0. The largest absolute Gasteiger partial charge is 0.390 e. The van der Waals surface area contributed by atoms with Crippen LogP contribution < -0.4 is 5.73 Å². The first-order valence-electron chi connectivity index (χ1n) is 6.24. The van der Waals surface area contributed by atoms with Crippen LogP contribution in [-0.2, 0) is 17.1 Å². The fraction of sp³-hybridized carbons (Fsp3) is 0.727. The van der Waals surface area contributed by atoms with E-state index < -0.39 is 15.6 Å². The third-order valence-electron chi connectivity index (χ3n) is 3.46. The molecule has 2 heterocycles. The summed E-state index contributed by atoms with van der Waals surface area (Å²) >= 11 is 0. The van der Waals surface area contributed by atoms with Crippen molar-refractivity contribution in [3.05, 3.63) is 6.20 Å². The highest BCUT2D eigenvalue weighted by Gasteiger charge is 2.33. The van der Waals surface area contributed by atoms with Gasteiger partial charge in [0.25, 0.3) is 0 Å². The lowest BCUT2D eigenvalue weighted by atomic mass is 9.98. The van der Waals surface area contributed by atoms with Crippen molar-refractivity contribution < 1.29 is 13.5 Å². The summed E-state index contributed by atoms with van der Waals surface area (Å²) in [7, 11) is -2.00. The topological polar surface area (TPSA) is 101 Å². The molecule has 8 heteroatoms. The number of hydrogen-bond donors (Lipinski definition) is 2. The third kappa shape index (κ3) is 2.90. The van der Waals surface area contributed by atoms with Crippen LogP contribution in [-0.4, -0.2) is 46.3 Å². The molecule has 3 N–H and O–H groups in total. The van der Waals surface area contributed by atoms with Crippen molar-refractivity contribution >= 4 is 15.8 Å². The van der Waals surface area contributed by atoms with Crippen LogP contribution >= 0.6 is 0 Å². The number of aryl methyl sites for hydroxylation is 1. The van der Waals surface area contributed by atoms with E-state index in [0.717, 1.165) is 0 Å². The van der Waals surface area contributed by atoms with E-state index in [1.165, 1.54) is 15.2 Å². The van der Waals surface area contributed by atoms with Gasteiger partial charge in [0.05, 0.1) is 5.60 Å². The maximum Gasteiger partial charge on any atom is 0.248 e. The number of anilines is 1. The van der Waals surface area contributed by atoms with Crippen LogP contribution in [0.15, 0.2) is 11.1 Å². The van der Waals surface area contributed by atoms with E-state index in [4.69, 9.17) is 5.73 Å². The van der Waals surface area contributed by atoms with Crippen molar-refractivity contribution in [3.8, 4) is 0 Å². The Morgan fingerprint density at radius 2 is 2.11 bits per heavy atom. The molecule has 0 amide bonds. The second-order valence-electron chi connectivity index (χ2n) is 5.31. The minimum Gasteiger partial charge on any atom is -0.390 e. The lowest BCUT2D eigenvalue weighted by molar-refractivity contribution is 0.0465. The van der Waals surface area contributed by atoms with Crippen LogP contribution in [0.5, 0.6) is 0 Å². The Bertz CT molecular complexity index is 564. The zero-order chi connectivity index (χ0) is 14.3. The maximum atomic E-state index is 12.5. The summed E-state index contributed by atoms with van der Waals surface area (Å²) in [6.07, 6.45) is 3.06. The van der Waals surface area contributed by atoms with Crippen molar-refractivity contribution in [1.82, 2.24) is 14.1 Å². The van der Waals surface area contributed by atoms with Crippen LogP contribution in [0, 0.1) is 0 Å². The van der Waals surface area contributed by atoms with Crippen molar-refractivity contribution in [3.63, 3.8) is 0 Å². The molecule has 1 aromatic rings. The smallest absolute Gasteiger partial charge is 0.248 e. The molecule has 0 radical (unpaired) electrons. The minimum absolute atomic E-state index is 0.0125. The molecule has 1 unspecified atom stereocenters. The molecular formula is C11H20N4O3S. The van der Waals surface area contributed by atoms with Gasteiger partial charge in [0.2, 0.25) is 10.0 Å². The molecule has 1 aromatic heterocycles. The van der Waals surface area contributed by atoms with E-state index in [2.05, 4.69) is 5.10 Å². The highest BCUT2D eigenvalue weighted by molar-refractivity contribution is 7.89. The van der Waals surface area contributed by atoms with E-state index in [1.54, 1.807) is 14.0 Å². The lowest BCUT2D eigenvalue weighted by Gasteiger charge is -2.21. The minimum atomic E-state index is -3.63. The molecule has 0 bridgehead atoms. The standard InChI is InChI=1S/C11H20N4O3S/c1-11(16)4-3-6-15(7-5-11)19(17,18)9-8-14(2)13-10(9)12/h8,16H,3-7H2,1-2H3,(H2,12,13). The number of nitrogens with zero attached hydrogens (tertiary/aromatic N) is 3. The average Bonchev–Trinajstić information content (AvgIpc) is 2.52. The molecule has 2 rings (SSSR count). The summed E-state index contributed by atoms with van der Waals surface area (Å²) in [5.41, 5.74) is 4.84. The van der Waals surface area contributed by atoms with Crippen molar-refractivity contribution in [2.75, 3.05) is 18.8 Å². The second-order valence-corrected chi connectivity index (χ2v) is 7.21. The predicted molar refractivity (Wildman–Crippen MR) is 70.9 cm³/mol. The van der Waals surface area contributed by atoms with Crippen LogP contribution in [0.4, 0.5) is 5.82 Å². The quantitative estimate of drug-likeness (QED) is 0.793. The van der Waals surface area contributed by atoms with Crippen LogP contribution in [0.3, 0.4) is 0 Å². The van der Waals surface area contributed by atoms with Crippen LogP contribution in [0.2, 0.25) is 0 Å². The molecule has 1 aliphatic heterocycles. The second kappa shape index (κ2) is 4.77. The number of rotatable bonds is 2. The Kier molecular flexibility index (Phi) is 3.59. The first kappa shape index (κ1) is 14.3. The molecule has 1 atom stereocenters. The van der Waals surface area contributed by atoms with E-state index in [-0.39, 0.29) is 10.7 Å². The third-order valence-corrected chi connectivity index (χ3v) is 5.38. The molecule has 19 heavy (non-hydrogen) atoms. The summed E-state index contributed by atoms with van der Waals surface area (Å²) in [6, 6.07) is 0. The number of sulfonamides is 1. The number of nitrogen functional groups attached to an aromatic ring is 1. The first-order valence-corrected chi connectivity index (χ1v) is 7.68. The summed E-state index contributed by atoms with van der Waals surface area (Å²) in [5, 5.41) is 13.9.